The quantitative estimate of drug-likeness (QED) is 0.899. The third kappa shape index (κ3) is 3.53. The van der Waals surface area contributed by atoms with Crippen molar-refractivity contribution < 1.29 is 4.79 Å². The number of nitrogens with two attached hydrogens (primary N) is 1. The first-order valence-electron chi connectivity index (χ1n) is 6.91. The van der Waals surface area contributed by atoms with Gasteiger partial charge in [0.2, 0.25) is 5.91 Å². The van der Waals surface area contributed by atoms with Gasteiger partial charge in [-0.3, -0.25) is 9.78 Å². The van der Waals surface area contributed by atoms with Crippen LogP contribution >= 0.6 is 0 Å². The van der Waals surface area contributed by atoms with Gasteiger partial charge in [-0.2, -0.15) is 0 Å². The molecule has 1 aromatic heterocycles. The Morgan fingerprint density at radius 2 is 2.37 bits per heavy atom. The van der Waals surface area contributed by atoms with E-state index in [1.807, 2.05) is 23.2 Å². The number of piperidine rings is 1. The molecule has 1 fully saturated rings. The molecule has 1 aromatic rings. The van der Waals surface area contributed by atoms with Crippen molar-refractivity contribution in [3.63, 3.8) is 0 Å². The van der Waals surface area contributed by atoms with Gasteiger partial charge in [0.1, 0.15) is 0 Å². The highest BCUT2D eigenvalue weighted by Gasteiger charge is 2.34. The average molecular weight is 261 g/mol. The molecule has 2 heterocycles. The Bertz CT molecular complexity index is 430. The number of carbonyl (C=O) groups is 1. The van der Waals surface area contributed by atoms with E-state index in [1.54, 1.807) is 6.20 Å². The predicted octanol–water partition coefficient (Wildman–Crippen LogP) is 1.60. The second kappa shape index (κ2) is 5.70. The Kier molecular flexibility index (Phi) is 4.20. The molecule has 104 valence electrons. The summed E-state index contributed by atoms with van der Waals surface area (Å²) in [6.07, 6.45) is 5.78. The van der Waals surface area contributed by atoms with E-state index in [1.165, 1.54) is 0 Å². The molecular weight excluding hydrogens is 238 g/mol. The SMILES string of the molecule is CC1(C)CN(C(=O)CCc2cccnc2)CCC1N. The summed E-state index contributed by atoms with van der Waals surface area (Å²) in [6.45, 7) is 5.83. The number of carbonyl (C=O) groups excluding carboxylic acids is 1. The molecule has 1 amide bonds. The second-order valence-electron chi connectivity index (χ2n) is 6.06. The van der Waals surface area contributed by atoms with E-state index in [4.69, 9.17) is 5.73 Å². The summed E-state index contributed by atoms with van der Waals surface area (Å²) in [5.74, 6) is 0.226. The van der Waals surface area contributed by atoms with Crippen molar-refractivity contribution in [1.82, 2.24) is 9.88 Å². The third-order valence-electron chi connectivity index (χ3n) is 4.02. The topological polar surface area (TPSA) is 59.2 Å². The predicted molar refractivity (Wildman–Crippen MR) is 75.5 cm³/mol. The summed E-state index contributed by atoms with van der Waals surface area (Å²) in [5.41, 5.74) is 7.22. The Morgan fingerprint density at radius 1 is 1.58 bits per heavy atom. The molecule has 1 aliphatic heterocycles. The molecule has 1 unspecified atom stereocenters. The van der Waals surface area contributed by atoms with E-state index in [-0.39, 0.29) is 17.4 Å². The second-order valence-corrected chi connectivity index (χ2v) is 6.06. The van der Waals surface area contributed by atoms with Gasteiger partial charge >= 0.3 is 0 Å². The molecule has 4 heteroatoms. The first-order chi connectivity index (χ1) is 8.99. The summed E-state index contributed by atoms with van der Waals surface area (Å²) < 4.78 is 0. The Morgan fingerprint density at radius 3 is 3.00 bits per heavy atom. The highest BCUT2D eigenvalue weighted by Crippen LogP contribution is 2.28. The van der Waals surface area contributed by atoms with Crippen LogP contribution < -0.4 is 5.73 Å². The van der Waals surface area contributed by atoms with Crippen molar-refractivity contribution in [1.29, 1.82) is 0 Å². The maximum absolute atomic E-state index is 12.2. The minimum Gasteiger partial charge on any atom is -0.342 e. The van der Waals surface area contributed by atoms with Crippen LogP contribution in [-0.2, 0) is 11.2 Å². The van der Waals surface area contributed by atoms with Gasteiger partial charge in [0.25, 0.3) is 0 Å². The van der Waals surface area contributed by atoms with Gasteiger partial charge in [-0.25, -0.2) is 0 Å². The van der Waals surface area contributed by atoms with Crippen LogP contribution in [0.1, 0.15) is 32.3 Å². The minimum atomic E-state index is 0.0161. The molecule has 2 rings (SSSR count). The van der Waals surface area contributed by atoms with E-state index >= 15 is 0 Å². The molecular formula is C15H23N3O. The molecule has 0 aliphatic carbocycles. The Hall–Kier alpha value is -1.42. The minimum absolute atomic E-state index is 0.0161. The van der Waals surface area contributed by atoms with Crippen molar-refractivity contribution in [3.8, 4) is 0 Å². The van der Waals surface area contributed by atoms with E-state index in [9.17, 15) is 4.79 Å². The van der Waals surface area contributed by atoms with Crippen molar-refractivity contribution >= 4 is 5.91 Å². The van der Waals surface area contributed by atoms with Crippen LogP contribution in [0, 0.1) is 5.41 Å². The molecule has 1 aliphatic rings. The van der Waals surface area contributed by atoms with E-state index in [0.29, 0.717) is 6.42 Å². The fourth-order valence-electron chi connectivity index (χ4n) is 2.54. The molecule has 1 saturated heterocycles. The summed E-state index contributed by atoms with van der Waals surface area (Å²) in [4.78, 5) is 18.3. The summed E-state index contributed by atoms with van der Waals surface area (Å²) in [7, 11) is 0. The van der Waals surface area contributed by atoms with Gasteiger partial charge < -0.3 is 10.6 Å². The van der Waals surface area contributed by atoms with E-state index in [0.717, 1.165) is 31.5 Å². The van der Waals surface area contributed by atoms with E-state index in [2.05, 4.69) is 18.8 Å². The molecule has 0 saturated carbocycles. The molecule has 0 radical (unpaired) electrons. The monoisotopic (exact) mass is 261 g/mol. The number of aryl methyl sites for hydroxylation is 1. The lowest BCUT2D eigenvalue weighted by atomic mass is 9.79. The summed E-state index contributed by atoms with van der Waals surface area (Å²) in [6, 6.07) is 4.11. The number of likely N-dealkylation sites (tertiary alicyclic amines) is 1. The lowest BCUT2D eigenvalue weighted by Crippen LogP contribution is -2.54. The van der Waals surface area contributed by atoms with Crippen LogP contribution in [0.4, 0.5) is 0 Å². The fraction of sp³-hybridized carbons (Fsp3) is 0.600. The smallest absolute Gasteiger partial charge is 0.222 e. The zero-order chi connectivity index (χ0) is 13.9. The van der Waals surface area contributed by atoms with Crippen LogP contribution in [0.2, 0.25) is 0 Å². The first-order valence-corrected chi connectivity index (χ1v) is 6.91. The Balaban J connectivity index is 1.87. The molecule has 2 N–H and O–H groups in total. The van der Waals surface area contributed by atoms with Crippen LogP contribution in [0.15, 0.2) is 24.5 Å². The fourth-order valence-corrected chi connectivity index (χ4v) is 2.54. The summed E-state index contributed by atoms with van der Waals surface area (Å²) >= 11 is 0. The van der Waals surface area contributed by atoms with Gasteiger partial charge in [-0.1, -0.05) is 19.9 Å². The van der Waals surface area contributed by atoms with Gasteiger partial charge in [-0.15, -0.1) is 0 Å². The molecule has 0 bridgehead atoms. The number of aromatic nitrogens is 1. The maximum atomic E-state index is 12.2. The van der Waals surface area contributed by atoms with Gasteiger partial charge in [-0.05, 0) is 29.9 Å². The van der Waals surface area contributed by atoms with E-state index < -0.39 is 0 Å². The largest absolute Gasteiger partial charge is 0.342 e. The van der Waals surface area contributed by atoms with Crippen molar-refractivity contribution in [2.45, 2.75) is 39.2 Å². The number of amides is 1. The third-order valence-corrected chi connectivity index (χ3v) is 4.02. The van der Waals surface area contributed by atoms with Gasteiger partial charge in [0.05, 0.1) is 0 Å². The van der Waals surface area contributed by atoms with Crippen LogP contribution in [0.25, 0.3) is 0 Å². The van der Waals surface area contributed by atoms with Gasteiger partial charge in [0.15, 0.2) is 0 Å². The highest BCUT2D eigenvalue weighted by atomic mass is 16.2. The molecule has 1 atom stereocenters. The summed E-state index contributed by atoms with van der Waals surface area (Å²) in [5, 5.41) is 0. The maximum Gasteiger partial charge on any atom is 0.222 e. The zero-order valence-electron chi connectivity index (χ0n) is 11.8. The number of pyridine rings is 1. The van der Waals surface area contributed by atoms with Crippen molar-refractivity contribution in [3.05, 3.63) is 30.1 Å². The Labute approximate surface area is 115 Å². The van der Waals surface area contributed by atoms with Crippen LogP contribution in [0.5, 0.6) is 0 Å². The van der Waals surface area contributed by atoms with Crippen LogP contribution in [0.3, 0.4) is 0 Å². The zero-order valence-corrected chi connectivity index (χ0v) is 11.8. The highest BCUT2D eigenvalue weighted by molar-refractivity contribution is 5.76. The lowest BCUT2D eigenvalue weighted by Gasteiger charge is -2.42. The van der Waals surface area contributed by atoms with Crippen molar-refractivity contribution in [2.24, 2.45) is 11.1 Å². The lowest BCUT2D eigenvalue weighted by molar-refractivity contribution is -0.134. The molecule has 4 nitrogen and oxygen atoms in total. The van der Waals surface area contributed by atoms with Gasteiger partial charge in [0, 0.05) is 37.9 Å². The van der Waals surface area contributed by atoms with Crippen LogP contribution in [-0.4, -0.2) is 34.9 Å². The molecule has 0 aromatic carbocycles. The standard InChI is InChI=1S/C15H23N3O/c1-15(2)11-18(9-7-13(15)16)14(19)6-5-12-4-3-8-17-10-12/h3-4,8,10,13H,5-7,9,11,16H2,1-2H3. The number of hydrogen-bond acceptors (Lipinski definition) is 3. The average Bonchev–Trinajstić information content (AvgIpc) is 2.40. The molecule has 19 heavy (non-hydrogen) atoms. The van der Waals surface area contributed by atoms with Crippen molar-refractivity contribution in [2.75, 3.05) is 13.1 Å². The molecule has 0 spiro atoms. The number of rotatable bonds is 3. The number of hydrogen-bond donors (Lipinski definition) is 1. The first kappa shape index (κ1) is 14.0. The normalized spacial score (nSPS) is 22.3. The number of nitrogens with zero attached hydrogens (tertiary/aromatic N) is 2.